The molecule has 0 bridgehead atoms. The van der Waals surface area contributed by atoms with Gasteiger partial charge in [-0.05, 0) is 32.6 Å². The lowest BCUT2D eigenvalue weighted by Gasteiger charge is -2.07. The highest BCUT2D eigenvalue weighted by Gasteiger charge is 2.09. The van der Waals surface area contributed by atoms with Crippen molar-refractivity contribution in [3.05, 3.63) is 23.2 Å². The summed E-state index contributed by atoms with van der Waals surface area (Å²) in [6, 6.07) is 2.14. The maximum absolute atomic E-state index is 5.90. The van der Waals surface area contributed by atoms with Gasteiger partial charge in [-0.2, -0.15) is 20.5 Å². The Morgan fingerprint density at radius 2 is 2.09 bits per heavy atom. The minimum atomic E-state index is 0.810. The Bertz CT molecular complexity index is 582. The molecule has 0 amide bonds. The van der Waals surface area contributed by atoms with Crippen LogP contribution in [0.25, 0.3) is 0 Å². The molecule has 22 heavy (non-hydrogen) atoms. The Hall–Kier alpha value is -1.25. The maximum Gasteiger partial charge on any atom is 0.184 e. The largest absolute Gasteiger partial charge is 0.464 e. The van der Waals surface area contributed by atoms with Crippen molar-refractivity contribution in [1.82, 2.24) is 13.6 Å². The Kier molecular flexibility index (Phi) is 6.53. The van der Waals surface area contributed by atoms with E-state index >= 15 is 0 Å². The summed E-state index contributed by atoms with van der Waals surface area (Å²) in [6.07, 6.45) is 0. The first kappa shape index (κ1) is 17.1. The molecule has 0 saturated heterocycles. The predicted octanol–water partition coefficient (Wildman–Crippen LogP) is 2.89. The van der Waals surface area contributed by atoms with E-state index in [2.05, 4.69) is 51.4 Å². The molecule has 2 aromatic rings. The van der Waals surface area contributed by atoms with E-state index in [0.29, 0.717) is 0 Å². The van der Waals surface area contributed by atoms with Gasteiger partial charge in [-0.15, -0.1) is 0 Å². The molecular weight excluding hydrogens is 318 g/mol. The molecule has 2 heterocycles. The SMILES string of the molecule is CNc1nsnc1NCCSCc1cc(C)c(CN(C)C)o1. The van der Waals surface area contributed by atoms with E-state index in [-0.39, 0.29) is 0 Å². The first-order valence-electron chi connectivity index (χ1n) is 7.15. The number of rotatable bonds is 9. The van der Waals surface area contributed by atoms with Gasteiger partial charge in [0.1, 0.15) is 11.5 Å². The molecule has 0 unspecified atom stereocenters. The number of anilines is 2. The zero-order valence-electron chi connectivity index (χ0n) is 13.5. The zero-order valence-corrected chi connectivity index (χ0v) is 15.1. The normalized spacial score (nSPS) is 11.1. The molecule has 0 aliphatic carbocycles. The molecule has 0 saturated carbocycles. The van der Waals surface area contributed by atoms with E-state index < -0.39 is 0 Å². The fourth-order valence-corrected chi connectivity index (χ4v) is 3.26. The summed E-state index contributed by atoms with van der Waals surface area (Å²) in [5.74, 6) is 5.63. The highest BCUT2D eigenvalue weighted by molar-refractivity contribution is 7.98. The number of hydrogen-bond acceptors (Lipinski definition) is 8. The smallest absolute Gasteiger partial charge is 0.184 e. The summed E-state index contributed by atoms with van der Waals surface area (Å²) in [5, 5.41) is 6.30. The highest BCUT2D eigenvalue weighted by Crippen LogP contribution is 2.21. The molecule has 0 aliphatic rings. The lowest BCUT2D eigenvalue weighted by molar-refractivity contribution is 0.343. The minimum absolute atomic E-state index is 0.810. The average Bonchev–Trinajstić information content (AvgIpc) is 3.05. The number of thioether (sulfide) groups is 1. The van der Waals surface area contributed by atoms with E-state index in [9.17, 15) is 0 Å². The molecule has 0 radical (unpaired) electrons. The Morgan fingerprint density at radius 1 is 1.32 bits per heavy atom. The second-order valence-electron chi connectivity index (χ2n) is 5.25. The van der Waals surface area contributed by atoms with Crippen molar-refractivity contribution in [2.75, 3.05) is 44.1 Å². The lowest BCUT2D eigenvalue weighted by Crippen LogP contribution is -2.10. The van der Waals surface area contributed by atoms with Gasteiger partial charge < -0.3 is 20.0 Å². The molecule has 122 valence electrons. The summed E-state index contributed by atoms with van der Waals surface area (Å²) in [5.41, 5.74) is 1.23. The standard InChI is InChI=1S/C14H23N5OS2/c1-10-7-11(20-12(10)8-19(3)4)9-21-6-5-16-14-13(15-2)17-22-18-14/h7H,5-6,8-9H2,1-4H3,(H,15,17)(H,16,18). The van der Waals surface area contributed by atoms with Crippen LogP contribution in [0.5, 0.6) is 0 Å². The second-order valence-corrected chi connectivity index (χ2v) is 6.88. The molecule has 2 aromatic heterocycles. The molecule has 0 fully saturated rings. The fraction of sp³-hybridized carbons (Fsp3) is 0.571. The first-order valence-corrected chi connectivity index (χ1v) is 9.03. The maximum atomic E-state index is 5.90. The number of nitrogens with one attached hydrogen (secondary N) is 2. The van der Waals surface area contributed by atoms with Gasteiger partial charge >= 0.3 is 0 Å². The lowest BCUT2D eigenvalue weighted by atomic mass is 10.2. The van der Waals surface area contributed by atoms with Gasteiger partial charge in [0.05, 0.1) is 24.0 Å². The van der Waals surface area contributed by atoms with E-state index in [0.717, 1.165) is 47.8 Å². The van der Waals surface area contributed by atoms with Crippen LogP contribution < -0.4 is 10.6 Å². The van der Waals surface area contributed by atoms with E-state index in [4.69, 9.17) is 4.42 Å². The van der Waals surface area contributed by atoms with Gasteiger partial charge in [0.15, 0.2) is 11.6 Å². The number of aromatic nitrogens is 2. The summed E-state index contributed by atoms with van der Waals surface area (Å²) in [7, 11) is 5.95. The van der Waals surface area contributed by atoms with Crippen molar-refractivity contribution in [3.63, 3.8) is 0 Å². The summed E-state index contributed by atoms with van der Waals surface area (Å²) in [6.45, 7) is 3.81. The van der Waals surface area contributed by atoms with E-state index in [1.165, 1.54) is 17.3 Å². The number of nitrogens with zero attached hydrogens (tertiary/aromatic N) is 3. The quantitative estimate of drug-likeness (QED) is 0.680. The van der Waals surface area contributed by atoms with Crippen LogP contribution in [0.2, 0.25) is 0 Å². The predicted molar refractivity (Wildman–Crippen MR) is 94.9 cm³/mol. The third kappa shape index (κ3) is 4.89. The third-order valence-electron chi connectivity index (χ3n) is 3.04. The Labute approximate surface area is 140 Å². The van der Waals surface area contributed by atoms with Crippen molar-refractivity contribution in [1.29, 1.82) is 0 Å². The fourth-order valence-electron chi connectivity index (χ4n) is 1.99. The molecule has 0 atom stereocenters. The molecule has 0 aromatic carbocycles. The number of hydrogen-bond donors (Lipinski definition) is 2. The molecule has 6 nitrogen and oxygen atoms in total. The molecule has 0 spiro atoms. The van der Waals surface area contributed by atoms with Gasteiger partial charge in [-0.1, -0.05) is 0 Å². The zero-order chi connectivity index (χ0) is 15.9. The Balaban J connectivity index is 1.70. The Morgan fingerprint density at radius 3 is 2.82 bits per heavy atom. The number of aryl methyl sites for hydroxylation is 1. The van der Waals surface area contributed by atoms with Gasteiger partial charge in [0.25, 0.3) is 0 Å². The van der Waals surface area contributed by atoms with Crippen LogP contribution in [-0.4, -0.2) is 47.1 Å². The summed E-state index contributed by atoms with van der Waals surface area (Å²) in [4.78, 5) is 2.12. The topological polar surface area (TPSA) is 66.2 Å². The van der Waals surface area contributed by atoms with Crippen LogP contribution >= 0.6 is 23.5 Å². The van der Waals surface area contributed by atoms with Crippen molar-refractivity contribution in [2.24, 2.45) is 0 Å². The van der Waals surface area contributed by atoms with E-state index in [1.807, 2.05) is 18.8 Å². The molecule has 2 N–H and O–H groups in total. The van der Waals surface area contributed by atoms with Gasteiger partial charge in [-0.3, -0.25) is 0 Å². The van der Waals surface area contributed by atoms with Crippen LogP contribution in [0.1, 0.15) is 17.1 Å². The molecule has 2 rings (SSSR count). The van der Waals surface area contributed by atoms with Crippen molar-refractivity contribution in [2.45, 2.75) is 19.2 Å². The van der Waals surface area contributed by atoms with Crippen LogP contribution in [0, 0.1) is 6.92 Å². The second kappa shape index (κ2) is 8.40. The van der Waals surface area contributed by atoms with Gasteiger partial charge in [0.2, 0.25) is 0 Å². The first-order chi connectivity index (χ1) is 10.6. The van der Waals surface area contributed by atoms with Crippen LogP contribution in [0.15, 0.2) is 10.5 Å². The molecule has 0 aliphatic heterocycles. The highest BCUT2D eigenvalue weighted by atomic mass is 32.2. The molecule has 8 heteroatoms. The number of furan rings is 1. The van der Waals surface area contributed by atoms with Gasteiger partial charge in [-0.25, -0.2) is 0 Å². The van der Waals surface area contributed by atoms with Crippen LogP contribution in [0.4, 0.5) is 11.6 Å². The molecular formula is C14H23N5OS2. The average molecular weight is 342 g/mol. The van der Waals surface area contributed by atoms with Crippen molar-refractivity contribution in [3.8, 4) is 0 Å². The van der Waals surface area contributed by atoms with Crippen LogP contribution in [0.3, 0.4) is 0 Å². The van der Waals surface area contributed by atoms with E-state index in [1.54, 1.807) is 0 Å². The van der Waals surface area contributed by atoms with Crippen molar-refractivity contribution >= 4 is 35.1 Å². The minimum Gasteiger partial charge on any atom is -0.464 e. The summed E-state index contributed by atoms with van der Waals surface area (Å²) < 4.78 is 14.3. The monoisotopic (exact) mass is 341 g/mol. The van der Waals surface area contributed by atoms with Crippen molar-refractivity contribution < 1.29 is 4.42 Å². The van der Waals surface area contributed by atoms with Gasteiger partial charge in [0, 0.05) is 19.3 Å². The summed E-state index contributed by atoms with van der Waals surface area (Å²) >= 11 is 3.06. The third-order valence-corrected chi connectivity index (χ3v) is 4.55. The van der Waals surface area contributed by atoms with Crippen LogP contribution in [-0.2, 0) is 12.3 Å².